The fourth-order valence-electron chi connectivity index (χ4n) is 3.90. The second-order valence-corrected chi connectivity index (χ2v) is 7.23. The number of ether oxygens (including phenoxy) is 2. The van der Waals surface area contributed by atoms with E-state index >= 15 is 0 Å². The number of hydrogen-bond acceptors (Lipinski definition) is 5. The average molecular weight is 379 g/mol. The van der Waals surface area contributed by atoms with E-state index in [0.29, 0.717) is 34.3 Å². The molecule has 0 amide bonds. The highest BCUT2D eigenvalue weighted by Crippen LogP contribution is 2.31. The normalized spacial score (nSPS) is 15.0. The van der Waals surface area contributed by atoms with Crippen LogP contribution in [0.25, 0.3) is 10.9 Å². The van der Waals surface area contributed by atoms with E-state index in [1.807, 2.05) is 0 Å². The first-order chi connectivity index (χ1) is 13.7. The van der Waals surface area contributed by atoms with Gasteiger partial charge in [-0.3, -0.25) is 9.78 Å². The molecule has 3 aromatic rings. The van der Waals surface area contributed by atoms with Gasteiger partial charge in [0.2, 0.25) is 5.95 Å². The van der Waals surface area contributed by atoms with E-state index < -0.39 is 0 Å². The second kappa shape index (κ2) is 7.92. The highest BCUT2D eigenvalue weighted by Gasteiger charge is 2.22. The van der Waals surface area contributed by atoms with Crippen molar-refractivity contribution < 1.29 is 9.47 Å². The van der Waals surface area contributed by atoms with Crippen LogP contribution in [0.1, 0.15) is 18.4 Å². The first-order valence-corrected chi connectivity index (χ1v) is 9.63. The Labute approximate surface area is 164 Å². The third-order valence-corrected chi connectivity index (χ3v) is 5.48. The number of nitrogens with zero attached hydrogens (tertiary/aromatic N) is 2. The van der Waals surface area contributed by atoms with Gasteiger partial charge >= 0.3 is 0 Å². The number of methoxy groups -OCH3 is 2. The molecule has 1 fully saturated rings. The Morgan fingerprint density at radius 3 is 2.43 bits per heavy atom. The summed E-state index contributed by atoms with van der Waals surface area (Å²) in [7, 11) is 3.13. The zero-order valence-electron chi connectivity index (χ0n) is 16.3. The van der Waals surface area contributed by atoms with Gasteiger partial charge in [0, 0.05) is 19.2 Å². The Bertz CT molecular complexity index is 1010. The predicted octanol–water partition coefficient (Wildman–Crippen LogP) is 3.40. The van der Waals surface area contributed by atoms with Crippen molar-refractivity contribution in [2.45, 2.75) is 19.3 Å². The molecule has 6 heteroatoms. The predicted molar refractivity (Wildman–Crippen MR) is 111 cm³/mol. The number of hydrogen-bond donors (Lipinski definition) is 1. The van der Waals surface area contributed by atoms with Crippen LogP contribution < -0.4 is 19.9 Å². The van der Waals surface area contributed by atoms with E-state index in [1.165, 1.54) is 5.56 Å². The van der Waals surface area contributed by atoms with Gasteiger partial charge in [0.1, 0.15) is 0 Å². The highest BCUT2D eigenvalue weighted by molar-refractivity contribution is 5.82. The zero-order chi connectivity index (χ0) is 19.5. The Hall–Kier alpha value is -3.02. The molecule has 1 aliphatic heterocycles. The van der Waals surface area contributed by atoms with E-state index in [0.717, 1.165) is 32.4 Å². The van der Waals surface area contributed by atoms with Gasteiger partial charge < -0.3 is 14.4 Å². The summed E-state index contributed by atoms with van der Waals surface area (Å²) in [6.07, 6.45) is 3.28. The standard InChI is InChI=1S/C22H25N3O3/c1-27-19-13-17-18(14-20(19)28-2)23-22(24-21(17)26)25-10-8-16(9-11-25)12-15-6-4-3-5-7-15/h3-7,13-14,16H,8-12H2,1-2H3,(H,23,24,26). The second-order valence-electron chi connectivity index (χ2n) is 7.23. The SMILES string of the molecule is COc1cc2nc(N3CCC(Cc4ccccc4)CC3)[nH]c(=O)c2cc1OC. The number of rotatable bonds is 5. The lowest BCUT2D eigenvalue weighted by molar-refractivity contribution is 0.355. The number of aromatic amines is 1. The lowest BCUT2D eigenvalue weighted by atomic mass is 9.90. The Kier molecular flexibility index (Phi) is 5.19. The molecule has 0 bridgehead atoms. The molecule has 2 heterocycles. The third kappa shape index (κ3) is 3.67. The summed E-state index contributed by atoms with van der Waals surface area (Å²) in [6.45, 7) is 1.78. The van der Waals surface area contributed by atoms with Crippen molar-refractivity contribution in [2.75, 3.05) is 32.2 Å². The summed E-state index contributed by atoms with van der Waals surface area (Å²) in [4.78, 5) is 22.4. The summed E-state index contributed by atoms with van der Waals surface area (Å²) in [5.41, 5.74) is 1.84. The van der Waals surface area contributed by atoms with Crippen molar-refractivity contribution >= 4 is 16.9 Å². The minimum atomic E-state index is -0.160. The molecule has 28 heavy (non-hydrogen) atoms. The van der Waals surface area contributed by atoms with Gasteiger partial charge in [-0.2, -0.15) is 0 Å². The van der Waals surface area contributed by atoms with Crippen LogP contribution in [0.2, 0.25) is 0 Å². The van der Waals surface area contributed by atoms with E-state index in [4.69, 9.17) is 9.47 Å². The molecule has 2 aromatic carbocycles. The fourth-order valence-corrected chi connectivity index (χ4v) is 3.90. The molecule has 0 saturated carbocycles. The fraction of sp³-hybridized carbons (Fsp3) is 0.364. The smallest absolute Gasteiger partial charge is 0.260 e. The minimum absolute atomic E-state index is 0.160. The molecule has 1 N–H and O–H groups in total. The molecule has 1 aromatic heterocycles. The van der Waals surface area contributed by atoms with Gasteiger partial charge in [0.05, 0.1) is 25.1 Å². The molecule has 146 valence electrons. The molecule has 0 radical (unpaired) electrons. The monoisotopic (exact) mass is 379 g/mol. The number of aromatic nitrogens is 2. The Balaban J connectivity index is 1.52. The van der Waals surface area contributed by atoms with Crippen LogP contribution in [-0.4, -0.2) is 37.3 Å². The minimum Gasteiger partial charge on any atom is -0.493 e. The number of fused-ring (bicyclic) bond motifs is 1. The van der Waals surface area contributed by atoms with Crippen molar-refractivity contribution in [3.05, 3.63) is 58.4 Å². The average Bonchev–Trinajstić information content (AvgIpc) is 2.74. The van der Waals surface area contributed by atoms with Crippen molar-refractivity contribution in [1.29, 1.82) is 0 Å². The van der Waals surface area contributed by atoms with Crippen LogP contribution in [-0.2, 0) is 6.42 Å². The lowest BCUT2D eigenvalue weighted by Gasteiger charge is -2.32. The first-order valence-electron chi connectivity index (χ1n) is 9.63. The van der Waals surface area contributed by atoms with Gasteiger partial charge in [0.15, 0.2) is 11.5 Å². The summed E-state index contributed by atoms with van der Waals surface area (Å²) in [5, 5.41) is 0.500. The zero-order valence-corrected chi connectivity index (χ0v) is 16.3. The summed E-state index contributed by atoms with van der Waals surface area (Å²) in [6, 6.07) is 14.1. The van der Waals surface area contributed by atoms with Gasteiger partial charge in [-0.05, 0) is 36.8 Å². The van der Waals surface area contributed by atoms with Gasteiger partial charge in [-0.1, -0.05) is 30.3 Å². The molecular weight excluding hydrogens is 354 g/mol. The van der Waals surface area contributed by atoms with E-state index in [2.05, 4.69) is 45.2 Å². The summed E-state index contributed by atoms with van der Waals surface area (Å²) >= 11 is 0. The highest BCUT2D eigenvalue weighted by atomic mass is 16.5. The Morgan fingerprint density at radius 2 is 1.75 bits per heavy atom. The molecule has 1 aliphatic rings. The van der Waals surface area contributed by atoms with E-state index in [1.54, 1.807) is 26.4 Å². The van der Waals surface area contributed by atoms with Gasteiger partial charge in [-0.15, -0.1) is 0 Å². The molecule has 0 spiro atoms. The summed E-state index contributed by atoms with van der Waals surface area (Å²) < 4.78 is 10.6. The maximum atomic E-state index is 12.6. The molecule has 0 aliphatic carbocycles. The van der Waals surface area contributed by atoms with Crippen LogP contribution in [0.4, 0.5) is 5.95 Å². The van der Waals surface area contributed by atoms with Crippen molar-refractivity contribution in [2.24, 2.45) is 5.92 Å². The largest absolute Gasteiger partial charge is 0.493 e. The van der Waals surface area contributed by atoms with E-state index in [9.17, 15) is 4.79 Å². The van der Waals surface area contributed by atoms with Crippen LogP contribution in [0, 0.1) is 5.92 Å². The van der Waals surface area contributed by atoms with Crippen LogP contribution >= 0.6 is 0 Å². The number of anilines is 1. The van der Waals surface area contributed by atoms with Crippen molar-refractivity contribution in [1.82, 2.24) is 9.97 Å². The molecule has 6 nitrogen and oxygen atoms in total. The molecular formula is C22H25N3O3. The topological polar surface area (TPSA) is 67.5 Å². The molecule has 0 atom stereocenters. The third-order valence-electron chi connectivity index (χ3n) is 5.48. The molecule has 4 rings (SSSR count). The number of benzene rings is 2. The maximum absolute atomic E-state index is 12.6. The molecule has 1 saturated heterocycles. The van der Waals surface area contributed by atoms with Crippen molar-refractivity contribution in [3.63, 3.8) is 0 Å². The quantitative estimate of drug-likeness (QED) is 0.736. The van der Waals surface area contributed by atoms with Crippen LogP contribution in [0.3, 0.4) is 0 Å². The van der Waals surface area contributed by atoms with Gasteiger partial charge in [0.25, 0.3) is 5.56 Å². The van der Waals surface area contributed by atoms with E-state index in [-0.39, 0.29) is 5.56 Å². The summed E-state index contributed by atoms with van der Waals surface area (Å²) in [5.74, 6) is 2.38. The first kappa shape index (κ1) is 18.3. The number of piperidine rings is 1. The number of nitrogens with one attached hydrogen (secondary N) is 1. The van der Waals surface area contributed by atoms with Crippen LogP contribution in [0.5, 0.6) is 11.5 Å². The maximum Gasteiger partial charge on any atom is 0.260 e. The lowest BCUT2D eigenvalue weighted by Crippen LogP contribution is -2.36. The number of H-pyrrole nitrogens is 1. The van der Waals surface area contributed by atoms with Crippen LogP contribution in [0.15, 0.2) is 47.3 Å². The van der Waals surface area contributed by atoms with Crippen molar-refractivity contribution in [3.8, 4) is 11.5 Å². The molecule has 0 unspecified atom stereocenters. The Morgan fingerprint density at radius 1 is 1.07 bits per heavy atom. The van der Waals surface area contributed by atoms with Gasteiger partial charge in [-0.25, -0.2) is 4.98 Å².